The van der Waals surface area contributed by atoms with E-state index in [0.717, 1.165) is 4.90 Å². The number of carboxylic acid groups (broad SMARTS) is 2. The summed E-state index contributed by atoms with van der Waals surface area (Å²) in [6.07, 6.45) is 0. The van der Waals surface area contributed by atoms with Crippen molar-refractivity contribution >= 4 is 11.9 Å². The van der Waals surface area contributed by atoms with Gasteiger partial charge in [-0.25, -0.2) is 4.79 Å². The van der Waals surface area contributed by atoms with Gasteiger partial charge in [0, 0.05) is 0 Å². The second-order valence-corrected chi connectivity index (χ2v) is 5.44. The topological polar surface area (TPSA) is 110 Å². The van der Waals surface area contributed by atoms with Crippen molar-refractivity contribution in [2.45, 2.75) is 41.5 Å². The number of aliphatic carboxylic acids is 2. The summed E-state index contributed by atoms with van der Waals surface area (Å²) in [6.45, 7) is 19.1. The van der Waals surface area contributed by atoms with Gasteiger partial charge in [0.15, 0.2) is 6.54 Å². The highest BCUT2D eigenvalue weighted by atomic mass is 16.4. The molecule has 0 unspecified atom stereocenters. The molecule has 0 aliphatic carbocycles. The molecule has 2 N–H and O–H groups in total. The number of carbonyl (C=O) groups is 2. The van der Waals surface area contributed by atoms with Crippen LogP contribution in [0.5, 0.6) is 0 Å². The van der Waals surface area contributed by atoms with Crippen LogP contribution in [0.3, 0.4) is 0 Å². The molecule has 8 nitrogen and oxygen atoms in total. The Kier molecular flexibility index (Phi) is 24.8. The van der Waals surface area contributed by atoms with Crippen LogP contribution in [-0.4, -0.2) is 97.5 Å². The van der Waals surface area contributed by atoms with E-state index in [-0.39, 0.29) is 13.2 Å². The molecule has 0 saturated heterocycles. The van der Waals surface area contributed by atoms with Crippen molar-refractivity contribution in [2.75, 3.05) is 65.5 Å². The van der Waals surface area contributed by atoms with Gasteiger partial charge in [-0.3, -0.25) is 0 Å². The summed E-state index contributed by atoms with van der Waals surface area (Å²) in [6, 6.07) is 0. The molecule has 0 saturated carbocycles. The molecule has 0 spiro atoms. The molecule has 0 amide bonds. The third kappa shape index (κ3) is 22.8. The van der Waals surface area contributed by atoms with Crippen molar-refractivity contribution in [1.29, 1.82) is 0 Å². The molecule has 0 aliphatic heterocycles. The second kappa shape index (κ2) is 21.8. The minimum Gasteiger partial charge on any atom is -0.544 e. The molecule has 0 aromatic heterocycles. The quantitative estimate of drug-likeness (QED) is 0.447. The first-order valence-corrected chi connectivity index (χ1v) is 9.45. The molecule has 0 aliphatic rings. The third-order valence-electron chi connectivity index (χ3n) is 3.81. The molecule has 8 heteroatoms. The molecule has 1 radical (unpaired) electrons. The van der Waals surface area contributed by atoms with Crippen LogP contribution in [0.2, 0.25) is 0 Å². The van der Waals surface area contributed by atoms with Crippen LogP contribution in [-0.2, 0) is 9.59 Å². The van der Waals surface area contributed by atoms with E-state index < -0.39 is 25.0 Å². The smallest absolute Gasteiger partial charge is 0.364 e. The maximum atomic E-state index is 10.1. The van der Waals surface area contributed by atoms with Crippen molar-refractivity contribution in [2.24, 2.45) is 0 Å². The van der Waals surface area contributed by atoms with Crippen molar-refractivity contribution in [1.82, 2.24) is 14.7 Å². The number of carboxylic acids is 2. The highest BCUT2D eigenvalue weighted by Crippen LogP contribution is 1.82. The Morgan fingerprint density at radius 3 is 1.31 bits per heavy atom. The summed E-state index contributed by atoms with van der Waals surface area (Å²) in [5.41, 5.74) is 0. The zero-order chi connectivity index (χ0) is 21.0. The van der Waals surface area contributed by atoms with Crippen LogP contribution < -0.4 is 10.0 Å². The van der Waals surface area contributed by atoms with Gasteiger partial charge in [-0.05, 0) is 39.3 Å². The van der Waals surface area contributed by atoms with E-state index in [1.165, 1.54) is 39.3 Å². The lowest BCUT2D eigenvalue weighted by molar-refractivity contribution is -0.305. The average molecular weight is 379 g/mol. The van der Waals surface area contributed by atoms with E-state index in [1.807, 2.05) is 0 Å². The van der Waals surface area contributed by atoms with Crippen LogP contribution >= 0.6 is 0 Å². The summed E-state index contributed by atoms with van der Waals surface area (Å²) in [5, 5.41) is 26.7. The number of hydrogen-bond donors (Lipinski definition) is 2. The van der Waals surface area contributed by atoms with Gasteiger partial charge in [-0.2, -0.15) is 4.90 Å². The highest BCUT2D eigenvalue weighted by Gasteiger charge is 2.18. The van der Waals surface area contributed by atoms with Gasteiger partial charge >= 0.3 is 5.97 Å². The van der Waals surface area contributed by atoms with Gasteiger partial charge < -0.3 is 29.9 Å². The van der Waals surface area contributed by atoms with Crippen LogP contribution in [0.25, 0.3) is 0 Å². The Hall–Kier alpha value is -1.22. The lowest BCUT2D eigenvalue weighted by Gasteiger charge is -2.13. The van der Waals surface area contributed by atoms with Gasteiger partial charge in [0.05, 0.1) is 6.61 Å². The number of hydrogen-bond acceptors (Lipinski definition) is 7. The van der Waals surface area contributed by atoms with Gasteiger partial charge in [0.1, 0.15) is 12.5 Å². The monoisotopic (exact) mass is 378 g/mol. The number of aliphatic hydroxyl groups is 1. The first kappa shape index (κ1) is 29.5. The number of aliphatic hydroxyl groups excluding tert-OH is 1. The lowest BCUT2D eigenvalue weighted by Crippen LogP contribution is -2.46. The standard InChI is InChI=1S/C6H11NO5.2C6H15N/c8-2-1-7(3-5(9)10)4-6(11)12;2*1-4-7(5-2)6-3/h8H,1-4H2,(H,9,10)(H,11,12);2*4-6H2,1-3H3/q+1;;/p-1. The fraction of sp³-hybridized carbons (Fsp3) is 0.889. The average Bonchev–Trinajstić information content (AvgIpc) is 2.58. The number of carbonyl (C=O) groups excluding carboxylic acids is 1. The molecular weight excluding hydrogens is 338 g/mol. The summed E-state index contributed by atoms with van der Waals surface area (Å²) in [7, 11) is 0. The Labute approximate surface area is 159 Å². The molecular formula is C18H40N3O5. The van der Waals surface area contributed by atoms with Crippen molar-refractivity contribution in [3.05, 3.63) is 0 Å². The first-order valence-electron chi connectivity index (χ1n) is 9.45. The summed E-state index contributed by atoms with van der Waals surface area (Å²) < 4.78 is 0. The van der Waals surface area contributed by atoms with E-state index in [0.29, 0.717) is 0 Å². The maximum absolute atomic E-state index is 10.1. The van der Waals surface area contributed by atoms with Gasteiger partial charge in [-0.1, -0.05) is 41.5 Å². The maximum Gasteiger partial charge on any atom is 0.364 e. The SMILES string of the molecule is CCN(CC)CC.CCN(CC)CC.O=C([O-])C[N+](CCO)CC(=O)O. The Balaban J connectivity index is -0.000000326. The number of rotatable bonds is 12. The van der Waals surface area contributed by atoms with Gasteiger partial charge in [0.2, 0.25) is 6.54 Å². The van der Waals surface area contributed by atoms with Crippen LogP contribution in [0.15, 0.2) is 0 Å². The second-order valence-electron chi connectivity index (χ2n) is 5.44. The van der Waals surface area contributed by atoms with Crippen LogP contribution in [0.4, 0.5) is 0 Å². The molecule has 0 heterocycles. The summed E-state index contributed by atoms with van der Waals surface area (Å²) >= 11 is 0. The molecule has 0 atom stereocenters. The van der Waals surface area contributed by atoms with Crippen LogP contribution in [0, 0.1) is 0 Å². The molecule has 0 aromatic carbocycles. The Bertz CT molecular complexity index is 283. The summed E-state index contributed by atoms with van der Waals surface area (Å²) in [4.78, 5) is 26.0. The molecule has 0 rings (SSSR count). The molecule has 0 bridgehead atoms. The van der Waals surface area contributed by atoms with E-state index in [1.54, 1.807) is 0 Å². The first-order chi connectivity index (χ1) is 12.2. The van der Waals surface area contributed by atoms with E-state index in [4.69, 9.17) is 10.2 Å². The summed E-state index contributed by atoms with van der Waals surface area (Å²) in [5.74, 6) is -2.49. The normalized spacial score (nSPS) is 10.2. The van der Waals surface area contributed by atoms with Crippen molar-refractivity contribution in [3.63, 3.8) is 0 Å². The van der Waals surface area contributed by atoms with Crippen molar-refractivity contribution < 1.29 is 24.9 Å². The van der Waals surface area contributed by atoms with E-state index in [2.05, 4.69) is 51.3 Å². The van der Waals surface area contributed by atoms with E-state index >= 15 is 0 Å². The van der Waals surface area contributed by atoms with Crippen molar-refractivity contribution in [3.8, 4) is 0 Å². The van der Waals surface area contributed by atoms with Crippen LogP contribution in [0.1, 0.15) is 41.5 Å². The van der Waals surface area contributed by atoms with Gasteiger partial charge in [0.25, 0.3) is 0 Å². The molecule has 157 valence electrons. The minimum atomic E-state index is -1.36. The zero-order valence-corrected chi connectivity index (χ0v) is 17.5. The predicted octanol–water partition coefficient (Wildman–Crippen LogP) is -0.350. The molecule has 26 heavy (non-hydrogen) atoms. The molecule has 0 fully saturated rings. The fourth-order valence-electron chi connectivity index (χ4n) is 2.07. The third-order valence-corrected chi connectivity index (χ3v) is 3.81. The Morgan fingerprint density at radius 1 is 0.808 bits per heavy atom. The predicted molar refractivity (Wildman–Crippen MR) is 103 cm³/mol. The minimum absolute atomic E-state index is 0.0142. The van der Waals surface area contributed by atoms with E-state index in [9.17, 15) is 14.7 Å². The van der Waals surface area contributed by atoms with Gasteiger partial charge in [-0.15, -0.1) is 0 Å². The fourth-order valence-corrected chi connectivity index (χ4v) is 2.07. The highest BCUT2D eigenvalue weighted by molar-refractivity contribution is 5.72. The largest absolute Gasteiger partial charge is 0.544 e. The molecule has 0 aromatic rings. The zero-order valence-electron chi connectivity index (χ0n) is 17.5. The Morgan fingerprint density at radius 2 is 1.15 bits per heavy atom. The lowest BCUT2D eigenvalue weighted by atomic mass is 10.4. The number of nitrogens with zero attached hydrogens (tertiary/aromatic N) is 3.